The summed E-state index contributed by atoms with van der Waals surface area (Å²) in [6.07, 6.45) is -7.98. The number of aromatic nitrogens is 1. The van der Waals surface area contributed by atoms with Crippen molar-refractivity contribution in [2.75, 3.05) is 5.73 Å². The van der Waals surface area contributed by atoms with Gasteiger partial charge in [0.1, 0.15) is 5.69 Å². The van der Waals surface area contributed by atoms with Gasteiger partial charge in [0.25, 0.3) is 6.43 Å². The Kier molecular flexibility index (Phi) is 3.11. The molecule has 1 rings (SSSR count). The molecule has 1 aromatic rings. The molecule has 16 heavy (non-hydrogen) atoms. The van der Waals surface area contributed by atoms with Gasteiger partial charge in [-0.05, 0) is 0 Å². The van der Waals surface area contributed by atoms with Crippen LogP contribution in [0.5, 0.6) is 0 Å². The van der Waals surface area contributed by atoms with E-state index in [4.69, 9.17) is 5.73 Å². The van der Waals surface area contributed by atoms with Crippen molar-refractivity contribution in [2.45, 2.75) is 12.6 Å². The summed E-state index contributed by atoms with van der Waals surface area (Å²) in [5.74, 6) is 0. The standard InChI is InChI=1S/C8H5F5N2O/c9-7(10)6-3(2-16)5(14)4(1-15-6)8(11,12)13/h1-2,7H,(H2,14,15). The van der Waals surface area contributed by atoms with Gasteiger partial charge in [-0.3, -0.25) is 9.78 Å². The van der Waals surface area contributed by atoms with Crippen LogP contribution < -0.4 is 5.73 Å². The van der Waals surface area contributed by atoms with E-state index in [1.807, 2.05) is 0 Å². The SMILES string of the molecule is Nc1c(C(F)(F)F)cnc(C(F)F)c1C=O. The molecule has 0 bridgehead atoms. The van der Waals surface area contributed by atoms with Gasteiger partial charge in [0, 0.05) is 6.20 Å². The van der Waals surface area contributed by atoms with Crippen molar-refractivity contribution in [3.8, 4) is 0 Å². The number of halogens is 5. The van der Waals surface area contributed by atoms with Crippen molar-refractivity contribution in [1.29, 1.82) is 0 Å². The molecule has 0 radical (unpaired) electrons. The van der Waals surface area contributed by atoms with E-state index in [9.17, 15) is 26.7 Å². The number of nitrogens with two attached hydrogens (primary N) is 1. The van der Waals surface area contributed by atoms with Crippen LogP contribution in [0.25, 0.3) is 0 Å². The second-order valence-electron chi connectivity index (χ2n) is 2.80. The number of nitrogen functional groups attached to an aromatic ring is 1. The first kappa shape index (κ1) is 12.3. The highest BCUT2D eigenvalue weighted by Gasteiger charge is 2.35. The van der Waals surface area contributed by atoms with Crippen molar-refractivity contribution < 1.29 is 26.7 Å². The molecule has 0 atom stereocenters. The molecule has 0 aliphatic rings. The van der Waals surface area contributed by atoms with Crippen molar-refractivity contribution >= 4 is 12.0 Å². The lowest BCUT2D eigenvalue weighted by Crippen LogP contribution is -2.14. The molecule has 0 unspecified atom stereocenters. The highest BCUT2D eigenvalue weighted by atomic mass is 19.4. The average molecular weight is 240 g/mol. The third-order valence-electron chi connectivity index (χ3n) is 1.82. The monoisotopic (exact) mass is 240 g/mol. The zero-order valence-electron chi connectivity index (χ0n) is 7.55. The topological polar surface area (TPSA) is 56.0 Å². The third-order valence-corrected chi connectivity index (χ3v) is 1.82. The molecule has 1 heterocycles. The Balaban J connectivity index is 3.46. The summed E-state index contributed by atoms with van der Waals surface area (Å²) < 4.78 is 61.4. The number of rotatable bonds is 2. The van der Waals surface area contributed by atoms with Crippen LogP contribution in [0, 0.1) is 0 Å². The quantitative estimate of drug-likeness (QED) is 0.638. The molecular weight excluding hydrogens is 235 g/mol. The number of pyridine rings is 1. The van der Waals surface area contributed by atoms with E-state index >= 15 is 0 Å². The van der Waals surface area contributed by atoms with Crippen molar-refractivity contribution in [3.05, 3.63) is 23.0 Å². The summed E-state index contributed by atoms with van der Waals surface area (Å²) in [7, 11) is 0. The average Bonchev–Trinajstić information content (AvgIpc) is 2.14. The number of carbonyl (C=O) groups excluding carboxylic acids is 1. The maximum atomic E-state index is 12.3. The number of aldehydes is 1. The predicted molar refractivity (Wildman–Crippen MR) is 44.0 cm³/mol. The van der Waals surface area contributed by atoms with Crippen molar-refractivity contribution in [3.63, 3.8) is 0 Å². The van der Waals surface area contributed by atoms with Crippen LogP contribution in [0.4, 0.5) is 27.6 Å². The van der Waals surface area contributed by atoms with Crippen molar-refractivity contribution in [2.24, 2.45) is 0 Å². The Morgan fingerprint density at radius 3 is 2.31 bits per heavy atom. The van der Waals surface area contributed by atoms with Crippen LogP contribution in [0.15, 0.2) is 6.20 Å². The van der Waals surface area contributed by atoms with Crippen LogP contribution in [0.3, 0.4) is 0 Å². The van der Waals surface area contributed by atoms with Crippen LogP contribution in [-0.2, 0) is 6.18 Å². The van der Waals surface area contributed by atoms with Crippen LogP contribution >= 0.6 is 0 Å². The maximum Gasteiger partial charge on any atom is 0.419 e. The van der Waals surface area contributed by atoms with Gasteiger partial charge in [-0.15, -0.1) is 0 Å². The Hall–Kier alpha value is -1.73. The minimum Gasteiger partial charge on any atom is -0.398 e. The summed E-state index contributed by atoms with van der Waals surface area (Å²) in [4.78, 5) is 13.3. The minimum absolute atomic E-state index is 0.168. The molecule has 0 aromatic carbocycles. The summed E-state index contributed by atoms with van der Waals surface area (Å²) in [5, 5.41) is 0. The molecule has 2 N–H and O–H groups in total. The summed E-state index contributed by atoms with van der Waals surface area (Å²) in [5.41, 5.74) is 0.575. The van der Waals surface area contributed by atoms with Crippen LogP contribution in [0.2, 0.25) is 0 Å². The number of alkyl halides is 5. The van der Waals surface area contributed by atoms with Crippen LogP contribution in [-0.4, -0.2) is 11.3 Å². The fraction of sp³-hybridized carbons (Fsp3) is 0.250. The molecule has 8 heteroatoms. The molecule has 0 saturated carbocycles. The van der Waals surface area contributed by atoms with E-state index in [2.05, 4.69) is 4.98 Å². The Morgan fingerprint density at radius 1 is 1.38 bits per heavy atom. The fourth-order valence-electron chi connectivity index (χ4n) is 1.08. The molecule has 0 spiro atoms. The Labute approximate surface area is 86.1 Å². The van der Waals surface area contributed by atoms with E-state index < -0.39 is 35.1 Å². The molecule has 0 aliphatic carbocycles. The molecule has 88 valence electrons. The van der Waals surface area contributed by atoms with E-state index in [1.165, 1.54) is 0 Å². The molecule has 1 aromatic heterocycles. The molecule has 0 fully saturated rings. The van der Waals surface area contributed by atoms with Gasteiger partial charge in [0.15, 0.2) is 6.29 Å². The molecular formula is C8H5F5N2O. The molecule has 0 aliphatic heterocycles. The van der Waals surface area contributed by atoms with Gasteiger partial charge in [0.2, 0.25) is 0 Å². The maximum absolute atomic E-state index is 12.3. The van der Waals surface area contributed by atoms with Crippen LogP contribution in [0.1, 0.15) is 28.0 Å². The number of carbonyl (C=O) groups is 1. The highest BCUT2D eigenvalue weighted by Crippen LogP contribution is 2.36. The summed E-state index contributed by atoms with van der Waals surface area (Å²) >= 11 is 0. The lowest BCUT2D eigenvalue weighted by Gasteiger charge is -2.12. The largest absolute Gasteiger partial charge is 0.419 e. The van der Waals surface area contributed by atoms with E-state index in [0.29, 0.717) is 0 Å². The van der Waals surface area contributed by atoms with Crippen molar-refractivity contribution in [1.82, 2.24) is 4.98 Å². The van der Waals surface area contributed by atoms with Gasteiger partial charge < -0.3 is 5.73 Å². The Bertz CT molecular complexity index is 416. The zero-order valence-corrected chi connectivity index (χ0v) is 7.55. The molecule has 0 amide bonds. The number of nitrogens with zero attached hydrogens (tertiary/aromatic N) is 1. The van der Waals surface area contributed by atoms with Gasteiger partial charge >= 0.3 is 6.18 Å². The van der Waals surface area contributed by atoms with Gasteiger partial charge in [-0.25, -0.2) is 8.78 Å². The second kappa shape index (κ2) is 4.03. The lowest BCUT2D eigenvalue weighted by molar-refractivity contribution is -0.137. The third kappa shape index (κ3) is 2.10. The predicted octanol–water partition coefficient (Wildman–Crippen LogP) is 2.43. The fourth-order valence-corrected chi connectivity index (χ4v) is 1.08. The number of anilines is 1. The molecule has 0 saturated heterocycles. The first-order chi connectivity index (χ1) is 7.29. The lowest BCUT2D eigenvalue weighted by atomic mass is 10.1. The highest BCUT2D eigenvalue weighted by molar-refractivity contribution is 5.86. The van der Waals surface area contributed by atoms with Gasteiger partial charge in [-0.2, -0.15) is 13.2 Å². The van der Waals surface area contributed by atoms with Gasteiger partial charge in [0.05, 0.1) is 16.8 Å². The Morgan fingerprint density at radius 2 is 1.94 bits per heavy atom. The first-order valence-electron chi connectivity index (χ1n) is 3.88. The van der Waals surface area contributed by atoms with E-state index in [0.717, 1.165) is 0 Å². The smallest absolute Gasteiger partial charge is 0.398 e. The minimum atomic E-state index is -4.84. The first-order valence-corrected chi connectivity index (χ1v) is 3.88. The normalized spacial score (nSPS) is 11.9. The summed E-state index contributed by atoms with van der Waals surface area (Å²) in [6, 6.07) is 0. The second-order valence-corrected chi connectivity index (χ2v) is 2.80. The number of hydrogen-bond acceptors (Lipinski definition) is 3. The van der Waals surface area contributed by atoms with E-state index in [1.54, 1.807) is 0 Å². The summed E-state index contributed by atoms with van der Waals surface area (Å²) in [6.45, 7) is 0. The zero-order chi connectivity index (χ0) is 12.5. The van der Waals surface area contributed by atoms with E-state index in [-0.39, 0.29) is 12.5 Å². The molecule has 3 nitrogen and oxygen atoms in total. The number of hydrogen-bond donors (Lipinski definition) is 1. The van der Waals surface area contributed by atoms with Gasteiger partial charge in [-0.1, -0.05) is 0 Å².